The fourth-order valence-electron chi connectivity index (χ4n) is 3.00. The number of carbonyl (C=O) groups excluding carboxylic acids is 2. The lowest BCUT2D eigenvalue weighted by molar-refractivity contribution is -0.118. The molecule has 5 heteroatoms. The van der Waals surface area contributed by atoms with Crippen LogP contribution in [0.3, 0.4) is 0 Å². The Balaban J connectivity index is 1.63. The van der Waals surface area contributed by atoms with E-state index in [9.17, 15) is 9.59 Å². The zero-order valence-corrected chi connectivity index (χ0v) is 14.8. The van der Waals surface area contributed by atoms with Crippen LogP contribution in [0, 0.1) is 20.8 Å². The molecule has 130 valence electrons. The highest BCUT2D eigenvalue weighted by Crippen LogP contribution is 2.22. The fourth-order valence-corrected chi connectivity index (χ4v) is 3.00. The molecule has 3 amide bonds. The number of urea groups is 1. The van der Waals surface area contributed by atoms with E-state index >= 15 is 0 Å². The molecular formula is C20H23N3O2. The first-order chi connectivity index (χ1) is 12.0. The number of amides is 3. The number of rotatable bonds is 3. The molecule has 1 atom stereocenters. The number of hydrogen-bond acceptors (Lipinski definition) is 2. The van der Waals surface area contributed by atoms with Gasteiger partial charge < -0.3 is 15.5 Å². The second kappa shape index (κ2) is 6.97. The lowest BCUT2D eigenvalue weighted by Gasteiger charge is -2.18. The van der Waals surface area contributed by atoms with Crippen LogP contribution < -0.4 is 15.5 Å². The number of hydrogen-bond donors (Lipinski definition) is 2. The molecule has 5 nitrogen and oxygen atoms in total. The summed E-state index contributed by atoms with van der Waals surface area (Å²) in [6.07, 6.45) is 0.604. The Kier molecular flexibility index (Phi) is 4.74. The predicted molar refractivity (Wildman–Crippen MR) is 100 cm³/mol. The van der Waals surface area contributed by atoms with Gasteiger partial charge in [0.05, 0.1) is 0 Å². The first-order valence-electron chi connectivity index (χ1n) is 8.47. The molecule has 1 saturated heterocycles. The minimum absolute atomic E-state index is 0.0695. The minimum atomic E-state index is -0.494. The van der Waals surface area contributed by atoms with E-state index in [1.165, 1.54) is 0 Å². The standard InChI is InChI=1S/C20H23N3O2/c1-13-7-9-16(10-8-13)23-12-11-18(19(23)24)22-20(25)21-17-6-4-5-14(2)15(17)3/h4-10,18H,11-12H2,1-3H3,(H2,21,22,25)/t18-/m1/s1. The molecule has 0 bridgehead atoms. The summed E-state index contributed by atoms with van der Waals surface area (Å²) in [5, 5.41) is 5.63. The molecule has 0 aliphatic carbocycles. The van der Waals surface area contributed by atoms with E-state index in [-0.39, 0.29) is 11.9 Å². The van der Waals surface area contributed by atoms with Gasteiger partial charge in [0.15, 0.2) is 0 Å². The van der Waals surface area contributed by atoms with E-state index < -0.39 is 6.04 Å². The molecule has 0 saturated carbocycles. The van der Waals surface area contributed by atoms with Gasteiger partial charge in [0, 0.05) is 17.9 Å². The van der Waals surface area contributed by atoms with Crippen molar-refractivity contribution in [3.63, 3.8) is 0 Å². The van der Waals surface area contributed by atoms with E-state index in [0.717, 1.165) is 28.1 Å². The van der Waals surface area contributed by atoms with Gasteiger partial charge in [-0.1, -0.05) is 29.8 Å². The van der Waals surface area contributed by atoms with Gasteiger partial charge in [-0.2, -0.15) is 0 Å². The smallest absolute Gasteiger partial charge is 0.319 e. The summed E-state index contributed by atoms with van der Waals surface area (Å²) in [4.78, 5) is 26.6. The molecule has 1 fully saturated rings. The summed E-state index contributed by atoms with van der Waals surface area (Å²) in [6.45, 7) is 6.58. The van der Waals surface area contributed by atoms with Crippen molar-refractivity contribution in [2.75, 3.05) is 16.8 Å². The average Bonchev–Trinajstić information content (AvgIpc) is 2.93. The Morgan fingerprint density at radius 2 is 1.80 bits per heavy atom. The third kappa shape index (κ3) is 3.65. The number of anilines is 2. The fraction of sp³-hybridized carbons (Fsp3) is 0.300. The van der Waals surface area contributed by atoms with Crippen molar-refractivity contribution in [3.05, 3.63) is 59.2 Å². The van der Waals surface area contributed by atoms with Crippen LogP contribution in [0.25, 0.3) is 0 Å². The molecule has 0 radical (unpaired) electrons. The second-order valence-electron chi connectivity index (χ2n) is 6.51. The molecule has 1 aliphatic rings. The summed E-state index contributed by atoms with van der Waals surface area (Å²) in [5.41, 5.74) is 4.92. The summed E-state index contributed by atoms with van der Waals surface area (Å²) in [6, 6.07) is 12.8. The number of nitrogens with zero attached hydrogens (tertiary/aromatic N) is 1. The maximum atomic E-state index is 12.6. The SMILES string of the molecule is Cc1ccc(N2CC[C@@H](NC(=O)Nc3cccc(C)c3C)C2=O)cc1. The molecular weight excluding hydrogens is 314 g/mol. The predicted octanol–water partition coefficient (Wildman–Crippen LogP) is 3.54. The van der Waals surface area contributed by atoms with Crippen molar-refractivity contribution in [2.24, 2.45) is 0 Å². The van der Waals surface area contributed by atoms with Gasteiger partial charge in [0.25, 0.3) is 0 Å². The first kappa shape index (κ1) is 17.0. The van der Waals surface area contributed by atoms with Gasteiger partial charge in [-0.05, 0) is 56.5 Å². The van der Waals surface area contributed by atoms with E-state index in [1.807, 2.05) is 63.2 Å². The molecule has 0 aromatic heterocycles. The Morgan fingerprint density at radius 1 is 1.08 bits per heavy atom. The van der Waals surface area contributed by atoms with Crippen LogP contribution in [-0.2, 0) is 4.79 Å². The van der Waals surface area contributed by atoms with Gasteiger partial charge in [0.2, 0.25) is 5.91 Å². The molecule has 25 heavy (non-hydrogen) atoms. The van der Waals surface area contributed by atoms with Gasteiger partial charge in [-0.15, -0.1) is 0 Å². The Morgan fingerprint density at radius 3 is 2.52 bits per heavy atom. The van der Waals surface area contributed by atoms with E-state index in [0.29, 0.717) is 13.0 Å². The van der Waals surface area contributed by atoms with Gasteiger partial charge >= 0.3 is 6.03 Å². The van der Waals surface area contributed by atoms with Crippen molar-refractivity contribution >= 4 is 23.3 Å². The van der Waals surface area contributed by atoms with Crippen molar-refractivity contribution in [1.29, 1.82) is 0 Å². The maximum absolute atomic E-state index is 12.6. The average molecular weight is 337 g/mol. The van der Waals surface area contributed by atoms with Crippen LogP contribution in [0.2, 0.25) is 0 Å². The molecule has 1 heterocycles. The topological polar surface area (TPSA) is 61.4 Å². The Hall–Kier alpha value is -2.82. The zero-order chi connectivity index (χ0) is 18.0. The quantitative estimate of drug-likeness (QED) is 0.900. The van der Waals surface area contributed by atoms with Crippen LogP contribution in [0.5, 0.6) is 0 Å². The maximum Gasteiger partial charge on any atom is 0.319 e. The van der Waals surface area contributed by atoms with E-state index in [2.05, 4.69) is 10.6 Å². The second-order valence-corrected chi connectivity index (χ2v) is 6.51. The summed E-state index contributed by atoms with van der Waals surface area (Å²) < 4.78 is 0. The molecule has 0 spiro atoms. The number of nitrogens with one attached hydrogen (secondary N) is 2. The third-order valence-electron chi connectivity index (χ3n) is 4.71. The summed E-state index contributed by atoms with van der Waals surface area (Å²) in [5.74, 6) is -0.0695. The Bertz CT molecular complexity index is 799. The molecule has 3 rings (SSSR count). The molecule has 1 aliphatic heterocycles. The van der Waals surface area contributed by atoms with Gasteiger partial charge in [0.1, 0.15) is 6.04 Å². The van der Waals surface area contributed by atoms with Gasteiger partial charge in [-0.25, -0.2) is 4.79 Å². The lowest BCUT2D eigenvalue weighted by Crippen LogP contribution is -2.43. The molecule has 2 aromatic carbocycles. The van der Waals surface area contributed by atoms with E-state index in [1.54, 1.807) is 4.90 Å². The van der Waals surface area contributed by atoms with Crippen LogP contribution in [0.4, 0.5) is 16.2 Å². The van der Waals surface area contributed by atoms with Crippen LogP contribution >= 0.6 is 0 Å². The van der Waals surface area contributed by atoms with Crippen LogP contribution in [0.1, 0.15) is 23.1 Å². The molecule has 2 aromatic rings. The monoisotopic (exact) mass is 337 g/mol. The number of carbonyl (C=O) groups is 2. The number of aryl methyl sites for hydroxylation is 2. The lowest BCUT2D eigenvalue weighted by atomic mass is 10.1. The highest BCUT2D eigenvalue weighted by atomic mass is 16.2. The normalized spacial score (nSPS) is 16.8. The van der Waals surface area contributed by atoms with E-state index in [4.69, 9.17) is 0 Å². The largest absolute Gasteiger partial charge is 0.326 e. The van der Waals surface area contributed by atoms with Crippen molar-refractivity contribution in [1.82, 2.24) is 5.32 Å². The zero-order valence-electron chi connectivity index (χ0n) is 14.8. The van der Waals surface area contributed by atoms with Crippen LogP contribution in [0.15, 0.2) is 42.5 Å². The third-order valence-corrected chi connectivity index (χ3v) is 4.71. The van der Waals surface area contributed by atoms with Crippen molar-refractivity contribution < 1.29 is 9.59 Å². The summed E-state index contributed by atoms with van der Waals surface area (Å²) >= 11 is 0. The molecule has 0 unspecified atom stereocenters. The van der Waals surface area contributed by atoms with Gasteiger partial charge in [-0.3, -0.25) is 4.79 Å². The highest BCUT2D eigenvalue weighted by Gasteiger charge is 2.33. The van der Waals surface area contributed by atoms with Crippen LogP contribution in [-0.4, -0.2) is 24.5 Å². The molecule has 2 N–H and O–H groups in total. The van der Waals surface area contributed by atoms with Crippen molar-refractivity contribution in [2.45, 2.75) is 33.2 Å². The summed E-state index contributed by atoms with van der Waals surface area (Å²) in [7, 11) is 0. The minimum Gasteiger partial charge on any atom is -0.326 e. The van der Waals surface area contributed by atoms with Crippen molar-refractivity contribution in [3.8, 4) is 0 Å². The first-order valence-corrected chi connectivity index (χ1v) is 8.47. The number of benzene rings is 2. The highest BCUT2D eigenvalue weighted by molar-refractivity contribution is 6.02. The Labute approximate surface area is 148 Å².